The Bertz CT molecular complexity index is 1460. The molecule has 1 aliphatic carbocycles. The number of ketones is 1. The maximum absolute atomic E-state index is 13.9. The molecule has 2 aliphatic heterocycles. The number of allylic oxidation sites excluding steroid dienone is 1. The molecule has 0 radical (unpaired) electrons. The zero-order chi connectivity index (χ0) is 26.8. The van der Waals surface area contributed by atoms with Gasteiger partial charge in [-0.05, 0) is 53.7 Å². The molecule has 6 rings (SSSR count). The highest BCUT2D eigenvalue weighted by molar-refractivity contribution is 6.04. The molecule has 2 amide bonds. The minimum atomic E-state index is -0.417. The predicted octanol–water partition coefficient (Wildman–Crippen LogP) is 4.56. The smallest absolute Gasteiger partial charge is 0.290 e. The fourth-order valence-electron chi connectivity index (χ4n) is 6.37. The number of benzene rings is 2. The number of amides is 2. The second-order valence-corrected chi connectivity index (χ2v) is 12.1. The number of carbonyl (C=O) groups is 3. The van der Waals surface area contributed by atoms with Crippen LogP contribution in [0, 0.1) is 18.3 Å². The number of piperazine rings is 1. The number of aromatic nitrogens is 2. The summed E-state index contributed by atoms with van der Waals surface area (Å²) in [6.07, 6.45) is 3.61. The summed E-state index contributed by atoms with van der Waals surface area (Å²) in [4.78, 5) is 52.0. The van der Waals surface area contributed by atoms with Crippen LogP contribution in [0.4, 0.5) is 0 Å². The Morgan fingerprint density at radius 3 is 2.45 bits per heavy atom. The molecule has 3 atom stereocenters. The summed E-state index contributed by atoms with van der Waals surface area (Å²) in [5, 5.41) is 0. The van der Waals surface area contributed by atoms with E-state index in [0.29, 0.717) is 25.3 Å². The van der Waals surface area contributed by atoms with Crippen LogP contribution in [0.25, 0.3) is 17.1 Å². The van der Waals surface area contributed by atoms with Crippen LogP contribution in [-0.2, 0) is 16.0 Å². The third kappa shape index (κ3) is 4.14. The fraction of sp³-hybridized carbons (Fsp3) is 0.419. The zero-order valence-electron chi connectivity index (χ0n) is 22.5. The highest BCUT2D eigenvalue weighted by Crippen LogP contribution is 2.38. The van der Waals surface area contributed by atoms with E-state index in [1.165, 1.54) is 11.1 Å². The third-order valence-corrected chi connectivity index (χ3v) is 8.58. The molecule has 38 heavy (non-hydrogen) atoms. The maximum atomic E-state index is 13.9. The standard InChI is InChI=1S/C31H34N4O3/c1-18-8-7-9-19-12-20(13-23(18)19)27(36)15-24(31(2,3)4)29(37)34-16-22-14-21(34)17-35(22)30(38)28-32-25-10-5-6-11-26(25)33-28/h5-11,13,21-22,24H,12,14-17H2,1-4H3,(H,32,33)/t21-,22-,24+/m0/s1. The van der Waals surface area contributed by atoms with Crippen LogP contribution in [0.3, 0.4) is 0 Å². The summed E-state index contributed by atoms with van der Waals surface area (Å²) >= 11 is 0. The van der Waals surface area contributed by atoms with Gasteiger partial charge < -0.3 is 14.8 Å². The number of para-hydroxylation sites is 2. The monoisotopic (exact) mass is 510 g/mol. The molecule has 3 aliphatic rings. The highest BCUT2D eigenvalue weighted by Gasteiger charge is 2.50. The molecule has 0 spiro atoms. The summed E-state index contributed by atoms with van der Waals surface area (Å²) in [7, 11) is 0. The van der Waals surface area contributed by atoms with Gasteiger partial charge in [-0.2, -0.15) is 0 Å². The van der Waals surface area contributed by atoms with Gasteiger partial charge in [-0.25, -0.2) is 4.98 Å². The molecule has 7 nitrogen and oxygen atoms in total. The lowest BCUT2D eigenvalue weighted by molar-refractivity contribution is -0.143. The van der Waals surface area contributed by atoms with E-state index < -0.39 is 5.92 Å². The average molecular weight is 511 g/mol. The topological polar surface area (TPSA) is 86.4 Å². The van der Waals surface area contributed by atoms with Crippen molar-refractivity contribution in [3.05, 3.63) is 70.6 Å². The Morgan fingerprint density at radius 2 is 1.76 bits per heavy atom. The lowest BCUT2D eigenvalue weighted by atomic mass is 9.76. The van der Waals surface area contributed by atoms with Crippen LogP contribution in [0.5, 0.6) is 0 Å². The van der Waals surface area contributed by atoms with Gasteiger partial charge in [-0.15, -0.1) is 0 Å². The van der Waals surface area contributed by atoms with E-state index >= 15 is 0 Å². The van der Waals surface area contributed by atoms with Gasteiger partial charge in [-0.1, -0.05) is 51.1 Å². The van der Waals surface area contributed by atoms with E-state index in [4.69, 9.17) is 0 Å². The number of rotatable bonds is 5. The number of aromatic amines is 1. The summed E-state index contributed by atoms with van der Waals surface area (Å²) < 4.78 is 0. The number of H-pyrrole nitrogens is 1. The van der Waals surface area contributed by atoms with Crippen LogP contribution in [0.2, 0.25) is 0 Å². The number of fused-ring (bicyclic) bond motifs is 4. The van der Waals surface area contributed by atoms with Crippen molar-refractivity contribution in [3.8, 4) is 0 Å². The highest BCUT2D eigenvalue weighted by atomic mass is 16.2. The number of carbonyl (C=O) groups excluding carboxylic acids is 3. The largest absolute Gasteiger partial charge is 0.336 e. The molecule has 2 bridgehead atoms. The van der Waals surface area contributed by atoms with Crippen molar-refractivity contribution >= 4 is 34.7 Å². The molecule has 2 saturated heterocycles. The lowest BCUT2D eigenvalue weighted by Gasteiger charge is -2.38. The normalized spacial score (nSPS) is 21.1. The molecule has 1 N–H and O–H groups in total. The Kier molecular flexibility index (Phi) is 5.78. The quantitative estimate of drug-likeness (QED) is 0.545. The van der Waals surface area contributed by atoms with Crippen molar-refractivity contribution in [1.82, 2.24) is 19.8 Å². The predicted molar refractivity (Wildman–Crippen MR) is 146 cm³/mol. The van der Waals surface area contributed by atoms with E-state index in [2.05, 4.69) is 29.0 Å². The first-order valence-electron chi connectivity index (χ1n) is 13.5. The van der Waals surface area contributed by atoms with Gasteiger partial charge in [0.25, 0.3) is 5.91 Å². The molecular formula is C31H34N4O3. The minimum absolute atomic E-state index is 0.0291. The Labute approximate surface area is 222 Å². The second-order valence-electron chi connectivity index (χ2n) is 12.1. The number of likely N-dealkylation sites (tertiary alicyclic amines) is 2. The van der Waals surface area contributed by atoms with Gasteiger partial charge in [0, 0.05) is 31.5 Å². The molecule has 3 aromatic rings. The van der Waals surface area contributed by atoms with Gasteiger partial charge in [0.1, 0.15) is 0 Å². The van der Waals surface area contributed by atoms with Gasteiger partial charge >= 0.3 is 0 Å². The van der Waals surface area contributed by atoms with Crippen molar-refractivity contribution in [1.29, 1.82) is 0 Å². The van der Waals surface area contributed by atoms with Gasteiger partial charge in [0.05, 0.1) is 29.0 Å². The van der Waals surface area contributed by atoms with E-state index in [1.807, 2.05) is 67.0 Å². The molecule has 196 valence electrons. The number of aryl methyl sites for hydroxylation is 1. The SMILES string of the molecule is Cc1cccc2c1C=C(C(=O)C[C@H](C(=O)N1C[C@@H]3C[C@H]1CN3C(=O)c1nc3ccccc3[nH]1)C(C)(C)C)C2. The maximum Gasteiger partial charge on any atom is 0.290 e. The van der Waals surface area contributed by atoms with Crippen molar-refractivity contribution < 1.29 is 14.4 Å². The number of imidazole rings is 1. The van der Waals surface area contributed by atoms with Gasteiger partial charge in [0.15, 0.2) is 11.6 Å². The van der Waals surface area contributed by atoms with Crippen molar-refractivity contribution in [2.45, 2.75) is 59.0 Å². The van der Waals surface area contributed by atoms with E-state index in [9.17, 15) is 14.4 Å². The van der Waals surface area contributed by atoms with Crippen LogP contribution >= 0.6 is 0 Å². The Hall–Kier alpha value is -3.74. The second kappa shape index (κ2) is 8.93. The van der Waals surface area contributed by atoms with E-state index in [-0.39, 0.29) is 41.5 Å². The summed E-state index contributed by atoms with van der Waals surface area (Å²) in [6.45, 7) is 9.18. The zero-order valence-corrected chi connectivity index (χ0v) is 22.5. The average Bonchev–Trinajstić information content (AvgIpc) is 3.67. The number of Topliss-reactive ketones (excluding diaryl/α,β-unsaturated/α-hetero) is 1. The molecule has 2 fully saturated rings. The number of hydrogen-bond donors (Lipinski definition) is 1. The van der Waals surface area contributed by atoms with E-state index in [0.717, 1.165) is 28.6 Å². The van der Waals surface area contributed by atoms with Gasteiger partial charge in [-0.3, -0.25) is 14.4 Å². The Morgan fingerprint density at radius 1 is 1.03 bits per heavy atom. The van der Waals surface area contributed by atoms with Crippen molar-refractivity contribution in [3.63, 3.8) is 0 Å². The lowest BCUT2D eigenvalue weighted by Crippen LogP contribution is -2.53. The molecule has 2 aromatic carbocycles. The van der Waals surface area contributed by atoms with Crippen molar-refractivity contribution in [2.24, 2.45) is 11.3 Å². The fourth-order valence-corrected chi connectivity index (χ4v) is 6.37. The number of nitrogens with one attached hydrogen (secondary N) is 1. The molecule has 1 aromatic heterocycles. The minimum Gasteiger partial charge on any atom is -0.336 e. The molecular weight excluding hydrogens is 476 g/mol. The van der Waals surface area contributed by atoms with Gasteiger partial charge in [0.2, 0.25) is 5.91 Å². The first kappa shape index (κ1) is 24.6. The molecule has 3 heterocycles. The van der Waals surface area contributed by atoms with Crippen LogP contribution in [0.1, 0.15) is 60.9 Å². The summed E-state index contributed by atoms with van der Waals surface area (Å²) in [5.74, 6) is -0.108. The van der Waals surface area contributed by atoms with Crippen LogP contribution < -0.4 is 0 Å². The third-order valence-electron chi connectivity index (χ3n) is 8.58. The van der Waals surface area contributed by atoms with Crippen LogP contribution in [0.15, 0.2) is 48.0 Å². The molecule has 0 saturated carbocycles. The Balaban J connectivity index is 1.15. The van der Waals surface area contributed by atoms with Crippen LogP contribution in [-0.4, -0.2) is 62.5 Å². The van der Waals surface area contributed by atoms with Crippen molar-refractivity contribution in [2.75, 3.05) is 13.1 Å². The first-order valence-corrected chi connectivity index (χ1v) is 13.5. The molecule has 0 unspecified atom stereocenters. The molecule has 7 heteroatoms. The van der Waals surface area contributed by atoms with E-state index in [1.54, 1.807) is 0 Å². The number of hydrogen-bond acceptors (Lipinski definition) is 4. The summed E-state index contributed by atoms with van der Waals surface area (Å²) in [6, 6.07) is 13.7. The summed E-state index contributed by atoms with van der Waals surface area (Å²) in [5.41, 5.74) is 5.53. The number of nitrogens with zero attached hydrogens (tertiary/aromatic N) is 3. The first-order chi connectivity index (χ1) is 18.1.